The maximum absolute atomic E-state index is 11.9. The Hall–Kier alpha value is -0.610. The number of carbonyl (C=O) groups is 1. The number of likely N-dealkylation sites (N-methyl/N-ethyl adjacent to an activating group) is 1. The Labute approximate surface area is 97.3 Å². The van der Waals surface area contributed by atoms with Gasteiger partial charge in [0.15, 0.2) is 0 Å². The molecule has 0 aromatic rings. The van der Waals surface area contributed by atoms with Crippen molar-refractivity contribution < 1.29 is 9.53 Å². The Morgan fingerprint density at radius 2 is 2.19 bits per heavy atom. The highest BCUT2D eigenvalue weighted by atomic mass is 16.5. The molecule has 1 amide bonds. The highest BCUT2D eigenvalue weighted by Crippen LogP contribution is 2.27. The lowest BCUT2D eigenvalue weighted by Crippen LogP contribution is -2.49. The van der Waals surface area contributed by atoms with Gasteiger partial charge in [0.25, 0.3) is 0 Å². The summed E-state index contributed by atoms with van der Waals surface area (Å²) in [4.78, 5) is 13.9. The summed E-state index contributed by atoms with van der Waals surface area (Å²) >= 11 is 0. The van der Waals surface area contributed by atoms with Crippen molar-refractivity contribution in [1.29, 1.82) is 0 Å². The molecule has 1 aliphatic carbocycles. The van der Waals surface area contributed by atoms with Gasteiger partial charge in [-0.3, -0.25) is 4.79 Å². The summed E-state index contributed by atoms with van der Waals surface area (Å²) in [6, 6.07) is 0.530. The maximum atomic E-state index is 11.9. The molecule has 0 atom stereocenters. The van der Waals surface area contributed by atoms with Gasteiger partial charge in [0, 0.05) is 24.5 Å². The zero-order valence-electron chi connectivity index (χ0n) is 10.3. The Balaban J connectivity index is 1.66. The summed E-state index contributed by atoms with van der Waals surface area (Å²) in [6.45, 7) is 8.05. The van der Waals surface area contributed by atoms with Gasteiger partial charge in [0.1, 0.15) is 0 Å². The van der Waals surface area contributed by atoms with Crippen molar-refractivity contribution in [3.8, 4) is 0 Å². The number of rotatable bonds is 6. The van der Waals surface area contributed by atoms with E-state index in [0.717, 1.165) is 26.3 Å². The zero-order valence-corrected chi connectivity index (χ0v) is 10.3. The van der Waals surface area contributed by atoms with Crippen LogP contribution < -0.4 is 5.32 Å². The fourth-order valence-electron chi connectivity index (χ4n) is 2.15. The number of ether oxygens (including phenoxy) is 1. The largest absolute Gasteiger partial charge is 0.380 e. The molecule has 16 heavy (non-hydrogen) atoms. The molecule has 2 rings (SSSR count). The topological polar surface area (TPSA) is 41.6 Å². The van der Waals surface area contributed by atoms with Gasteiger partial charge in [0.05, 0.1) is 19.8 Å². The van der Waals surface area contributed by atoms with E-state index in [-0.39, 0.29) is 11.3 Å². The average Bonchev–Trinajstić information content (AvgIpc) is 3.00. The van der Waals surface area contributed by atoms with Gasteiger partial charge in [-0.05, 0) is 19.8 Å². The van der Waals surface area contributed by atoms with Gasteiger partial charge in [-0.2, -0.15) is 0 Å². The number of nitrogens with zero attached hydrogens (tertiary/aromatic N) is 1. The summed E-state index contributed by atoms with van der Waals surface area (Å²) in [6.07, 6.45) is 2.37. The zero-order chi connectivity index (χ0) is 11.6. The number of hydrogen-bond donors (Lipinski definition) is 1. The van der Waals surface area contributed by atoms with Crippen molar-refractivity contribution in [2.45, 2.75) is 32.7 Å². The molecule has 1 heterocycles. The summed E-state index contributed by atoms with van der Waals surface area (Å²) in [5.74, 6) is 0.244. The van der Waals surface area contributed by atoms with E-state index in [9.17, 15) is 4.79 Å². The monoisotopic (exact) mass is 226 g/mol. The number of amides is 1. The van der Waals surface area contributed by atoms with Crippen LogP contribution in [-0.4, -0.2) is 49.7 Å². The lowest BCUT2D eigenvalue weighted by Gasteiger charge is -2.38. The molecule has 4 heteroatoms. The first-order chi connectivity index (χ1) is 7.64. The Morgan fingerprint density at radius 3 is 2.62 bits per heavy atom. The molecule has 0 spiro atoms. The first kappa shape index (κ1) is 11.9. The molecule has 0 radical (unpaired) electrons. The summed E-state index contributed by atoms with van der Waals surface area (Å²) in [5, 5.41) is 3.25. The quantitative estimate of drug-likeness (QED) is 0.722. The fraction of sp³-hybridized carbons (Fsp3) is 0.917. The van der Waals surface area contributed by atoms with Gasteiger partial charge < -0.3 is 15.0 Å². The molecule has 0 bridgehead atoms. The smallest absolute Gasteiger partial charge is 0.236 e. The number of carbonyl (C=O) groups excluding carboxylic acids is 1. The standard InChI is InChI=1S/C12H22N2O2/c1-3-14(10-4-5-10)11(15)6-13-7-12(2)8-16-9-12/h10,13H,3-9H2,1-2H3. The number of hydrogen-bond acceptors (Lipinski definition) is 3. The minimum absolute atomic E-state index is 0.244. The van der Waals surface area contributed by atoms with Gasteiger partial charge in [-0.1, -0.05) is 6.92 Å². The lowest BCUT2D eigenvalue weighted by atomic mass is 9.89. The van der Waals surface area contributed by atoms with Crippen LogP contribution in [0.3, 0.4) is 0 Å². The van der Waals surface area contributed by atoms with E-state index in [1.54, 1.807) is 0 Å². The van der Waals surface area contributed by atoms with Gasteiger partial charge in [-0.25, -0.2) is 0 Å². The minimum atomic E-state index is 0.244. The van der Waals surface area contributed by atoms with E-state index in [1.807, 2.05) is 4.90 Å². The summed E-state index contributed by atoms with van der Waals surface area (Å²) in [5.41, 5.74) is 0.247. The van der Waals surface area contributed by atoms with Crippen LogP contribution in [0.1, 0.15) is 26.7 Å². The fourth-order valence-corrected chi connectivity index (χ4v) is 2.15. The van der Waals surface area contributed by atoms with Crippen LogP contribution in [0.4, 0.5) is 0 Å². The molecule has 1 N–H and O–H groups in total. The van der Waals surface area contributed by atoms with Crippen molar-refractivity contribution >= 4 is 5.91 Å². The first-order valence-electron chi connectivity index (χ1n) is 6.22. The molecular weight excluding hydrogens is 204 g/mol. The van der Waals surface area contributed by atoms with Gasteiger partial charge in [0.2, 0.25) is 5.91 Å². The van der Waals surface area contributed by atoms with E-state index in [0.29, 0.717) is 12.6 Å². The maximum Gasteiger partial charge on any atom is 0.236 e. The molecule has 4 nitrogen and oxygen atoms in total. The van der Waals surface area contributed by atoms with Crippen LogP contribution in [0.15, 0.2) is 0 Å². The summed E-state index contributed by atoms with van der Waals surface area (Å²) < 4.78 is 5.18. The third kappa shape index (κ3) is 2.74. The van der Waals surface area contributed by atoms with Crippen molar-refractivity contribution in [2.24, 2.45) is 5.41 Å². The minimum Gasteiger partial charge on any atom is -0.380 e. The molecule has 2 aliphatic rings. The van der Waals surface area contributed by atoms with Gasteiger partial charge >= 0.3 is 0 Å². The number of nitrogens with one attached hydrogen (secondary N) is 1. The SMILES string of the molecule is CCN(C(=O)CNCC1(C)COC1)C1CC1. The van der Waals surface area contributed by atoms with E-state index in [2.05, 4.69) is 19.2 Å². The molecule has 2 fully saturated rings. The molecule has 0 aromatic carbocycles. The second kappa shape index (κ2) is 4.72. The van der Waals surface area contributed by atoms with E-state index in [1.165, 1.54) is 12.8 Å². The Kier molecular flexibility index (Phi) is 3.50. The van der Waals surface area contributed by atoms with E-state index < -0.39 is 0 Å². The second-order valence-electron chi connectivity index (χ2n) is 5.32. The molecule has 1 saturated carbocycles. The van der Waals surface area contributed by atoms with Crippen molar-refractivity contribution in [3.63, 3.8) is 0 Å². The molecular formula is C12H22N2O2. The van der Waals surface area contributed by atoms with Crippen LogP contribution in [0.2, 0.25) is 0 Å². The molecule has 0 unspecified atom stereocenters. The third-order valence-corrected chi connectivity index (χ3v) is 3.38. The average molecular weight is 226 g/mol. The molecule has 92 valence electrons. The van der Waals surface area contributed by atoms with E-state index in [4.69, 9.17) is 4.74 Å². The van der Waals surface area contributed by atoms with Crippen LogP contribution >= 0.6 is 0 Å². The van der Waals surface area contributed by atoms with Crippen molar-refractivity contribution in [2.75, 3.05) is 32.8 Å². The van der Waals surface area contributed by atoms with Crippen molar-refractivity contribution in [3.05, 3.63) is 0 Å². The molecule has 1 aliphatic heterocycles. The lowest BCUT2D eigenvalue weighted by molar-refractivity contribution is -0.131. The van der Waals surface area contributed by atoms with Crippen LogP contribution in [0.25, 0.3) is 0 Å². The second-order valence-corrected chi connectivity index (χ2v) is 5.32. The highest BCUT2D eigenvalue weighted by molar-refractivity contribution is 5.78. The first-order valence-corrected chi connectivity index (χ1v) is 6.22. The molecule has 0 aromatic heterocycles. The predicted molar refractivity (Wildman–Crippen MR) is 62.2 cm³/mol. The predicted octanol–water partition coefficient (Wildman–Crippen LogP) is 0.623. The van der Waals surface area contributed by atoms with Crippen LogP contribution in [-0.2, 0) is 9.53 Å². The van der Waals surface area contributed by atoms with Crippen LogP contribution in [0.5, 0.6) is 0 Å². The molecule has 1 saturated heterocycles. The van der Waals surface area contributed by atoms with Gasteiger partial charge in [-0.15, -0.1) is 0 Å². The Bertz CT molecular complexity index is 260. The highest BCUT2D eigenvalue weighted by Gasteiger charge is 2.34. The van der Waals surface area contributed by atoms with Crippen molar-refractivity contribution in [1.82, 2.24) is 10.2 Å². The normalized spacial score (nSPS) is 22.6. The Morgan fingerprint density at radius 1 is 1.50 bits per heavy atom. The summed E-state index contributed by atoms with van der Waals surface area (Å²) in [7, 11) is 0. The van der Waals surface area contributed by atoms with Crippen LogP contribution in [0, 0.1) is 5.41 Å². The third-order valence-electron chi connectivity index (χ3n) is 3.38. The van der Waals surface area contributed by atoms with E-state index >= 15 is 0 Å².